The maximum absolute atomic E-state index is 12.9. The summed E-state index contributed by atoms with van der Waals surface area (Å²) in [6, 6.07) is 7.13. The lowest BCUT2D eigenvalue weighted by Crippen LogP contribution is -2.57. The van der Waals surface area contributed by atoms with Gasteiger partial charge < -0.3 is 15.5 Å². The third-order valence-corrected chi connectivity index (χ3v) is 7.15. The molecule has 1 aromatic heterocycles. The molecule has 3 heterocycles. The molecule has 0 spiro atoms. The topological polar surface area (TPSA) is 75.4 Å². The summed E-state index contributed by atoms with van der Waals surface area (Å²) in [5, 5.41) is 1.09. The van der Waals surface area contributed by atoms with Crippen LogP contribution < -0.4 is 10.6 Å². The smallest absolute Gasteiger partial charge is 0.239 e. The van der Waals surface area contributed by atoms with Crippen LogP contribution >= 0.6 is 48.2 Å². The van der Waals surface area contributed by atoms with Crippen molar-refractivity contribution < 1.29 is 4.79 Å². The number of carbonyl (C=O) groups is 1. The molecule has 0 bridgehead atoms. The number of carbonyl (C=O) groups excluding carboxylic acids is 1. The summed E-state index contributed by atoms with van der Waals surface area (Å²) >= 11 is 7.83. The van der Waals surface area contributed by atoms with E-state index < -0.39 is 6.04 Å². The van der Waals surface area contributed by atoms with E-state index in [1.807, 2.05) is 40.9 Å². The molecule has 31 heavy (non-hydrogen) atoms. The lowest BCUT2D eigenvalue weighted by Gasteiger charge is -2.42. The molecule has 1 fully saturated rings. The van der Waals surface area contributed by atoms with E-state index in [4.69, 9.17) is 17.3 Å². The number of amides is 1. The van der Waals surface area contributed by atoms with Gasteiger partial charge in [-0.05, 0) is 38.0 Å². The van der Waals surface area contributed by atoms with Gasteiger partial charge in [0.2, 0.25) is 5.91 Å². The highest BCUT2D eigenvalue weighted by Gasteiger charge is 2.34. The Morgan fingerprint density at radius 2 is 1.94 bits per heavy atom. The molecule has 0 aliphatic carbocycles. The first-order chi connectivity index (χ1) is 13.9. The number of nitrogens with two attached hydrogens (primary N) is 1. The summed E-state index contributed by atoms with van der Waals surface area (Å²) in [6.07, 6.45) is 2.18. The zero-order valence-electron chi connectivity index (χ0n) is 17.5. The second-order valence-corrected chi connectivity index (χ2v) is 9.54. The van der Waals surface area contributed by atoms with Crippen molar-refractivity contribution in [3.05, 3.63) is 52.4 Å². The summed E-state index contributed by atoms with van der Waals surface area (Å²) < 4.78 is 0. The lowest BCUT2D eigenvalue weighted by molar-refractivity contribution is -0.133. The van der Waals surface area contributed by atoms with E-state index in [2.05, 4.69) is 28.7 Å². The van der Waals surface area contributed by atoms with Gasteiger partial charge in [0.25, 0.3) is 0 Å². The summed E-state index contributed by atoms with van der Waals surface area (Å²) in [7, 11) is 0. The van der Waals surface area contributed by atoms with Crippen LogP contribution in [-0.2, 0) is 17.0 Å². The first-order valence-electron chi connectivity index (χ1n) is 9.95. The van der Waals surface area contributed by atoms with Crippen molar-refractivity contribution in [1.29, 1.82) is 0 Å². The summed E-state index contributed by atoms with van der Waals surface area (Å²) in [5.74, 6) is 1.97. The number of fused-ring (bicyclic) bond motifs is 1. The highest BCUT2D eigenvalue weighted by atomic mass is 35.5. The zero-order valence-corrected chi connectivity index (χ0v) is 20.7. The predicted molar refractivity (Wildman–Crippen MR) is 133 cm³/mol. The molecule has 0 radical (unpaired) electrons. The van der Waals surface area contributed by atoms with Crippen LogP contribution in [-0.4, -0.2) is 52.5 Å². The second-order valence-electron chi connectivity index (χ2n) is 7.77. The number of hydrogen-bond donors (Lipinski definition) is 1. The van der Waals surface area contributed by atoms with Gasteiger partial charge in [0.1, 0.15) is 12.1 Å². The zero-order chi connectivity index (χ0) is 20.5. The van der Waals surface area contributed by atoms with Gasteiger partial charge in [-0.25, -0.2) is 9.97 Å². The van der Waals surface area contributed by atoms with E-state index in [0.717, 1.165) is 29.4 Å². The Kier molecular flexibility index (Phi) is 9.27. The number of nitrogens with zero attached hydrogens (tertiary/aromatic N) is 4. The number of halogens is 3. The molecule has 3 atom stereocenters. The maximum Gasteiger partial charge on any atom is 0.239 e. The molecule has 2 aliphatic rings. The SMILES string of the molecule is CC1SCc2ncnc(N3CCN(C(=O)C(N)Cc4ccc(Cl)cc4)CC3C)c21.Cl.Cl. The monoisotopic (exact) mass is 503 g/mol. The molecule has 170 valence electrons. The first-order valence-corrected chi connectivity index (χ1v) is 11.4. The minimum absolute atomic E-state index is 0. The molecular weight excluding hydrogens is 477 g/mol. The number of benzene rings is 1. The van der Waals surface area contributed by atoms with E-state index in [0.29, 0.717) is 29.8 Å². The van der Waals surface area contributed by atoms with Crippen LogP contribution in [0.1, 0.15) is 35.9 Å². The fourth-order valence-electron chi connectivity index (χ4n) is 4.14. The third-order valence-electron chi connectivity index (χ3n) is 5.72. The standard InChI is InChI=1S/C21H26ClN5OS.2ClH/c1-13-10-26(21(28)17(23)9-15-3-5-16(22)6-4-15)7-8-27(13)20-19-14(2)29-11-18(19)24-12-25-20;;/h3-6,12-14,17H,7-11,23H2,1-2H3;2*1H. The van der Waals surface area contributed by atoms with E-state index >= 15 is 0 Å². The average Bonchev–Trinajstić information content (AvgIpc) is 3.10. The quantitative estimate of drug-likeness (QED) is 0.681. The molecule has 3 unspecified atom stereocenters. The fourth-order valence-corrected chi connectivity index (χ4v) is 5.31. The van der Waals surface area contributed by atoms with E-state index in [-0.39, 0.29) is 36.8 Å². The largest absolute Gasteiger partial charge is 0.350 e. The molecule has 4 rings (SSSR count). The molecule has 0 saturated carbocycles. The Bertz CT molecular complexity index is 901. The van der Waals surface area contributed by atoms with Crippen LogP contribution in [0.3, 0.4) is 0 Å². The van der Waals surface area contributed by atoms with Crippen molar-refractivity contribution in [3.63, 3.8) is 0 Å². The van der Waals surface area contributed by atoms with Crippen molar-refractivity contribution in [3.8, 4) is 0 Å². The van der Waals surface area contributed by atoms with Crippen molar-refractivity contribution in [2.24, 2.45) is 5.73 Å². The Balaban J connectivity index is 0.00000171. The first kappa shape index (κ1) is 26.0. The highest BCUT2D eigenvalue weighted by Crippen LogP contribution is 2.44. The number of anilines is 1. The van der Waals surface area contributed by atoms with Crippen LogP contribution in [0.15, 0.2) is 30.6 Å². The molecular formula is C21H28Cl3N5OS. The van der Waals surface area contributed by atoms with E-state index in [1.54, 1.807) is 6.33 Å². The van der Waals surface area contributed by atoms with Crippen molar-refractivity contribution >= 4 is 59.9 Å². The predicted octanol–water partition coefficient (Wildman–Crippen LogP) is 3.89. The minimum atomic E-state index is -0.547. The number of piperazine rings is 1. The Labute approximate surface area is 205 Å². The molecule has 10 heteroatoms. The molecule has 1 amide bonds. The van der Waals surface area contributed by atoms with E-state index in [9.17, 15) is 4.79 Å². The minimum Gasteiger partial charge on any atom is -0.350 e. The molecule has 2 aliphatic heterocycles. The molecule has 1 saturated heterocycles. The third kappa shape index (κ3) is 5.57. The van der Waals surface area contributed by atoms with Gasteiger partial charge in [-0.1, -0.05) is 23.7 Å². The lowest BCUT2D eigenvalue weighted by atomic mass is 10.0. The molecule has 6 nitrogen and oxygen atoms in total. The van der Waals surface area contributed by atoms with Gasteiger partial charge in [-0.2, -0.15) is 0 Å². The van der Waals surface area contributed by atoms with E-state index in [1.165, 1.54) is 5.56 Å². The summed E-state index contributed by atoms with van der Waals surface area (Å²) in [5.41, 5.74) is 9.65. The number of hydrogen-bond acceptors (Lipinski definition) is 6. The maximum atomic E-state index is 12.9. The number of thioether (sulfide) groups is 1. The summed E-state index contributed by atoms with van der Waals surface area (Å²) in [4.78, 5) is 26.2. The fraction of sp³-hybridized carbons (Fsp3) is 0.476. The average molecular weight is 505 g/mol. The number of aromatic nitrogens is 2. The highest BCUT2D eigenvalue weighted by molar-refractivity contribution is 7.99. The molecule has 2 N–H and O–H groups in total. The Morgan fingerprint density at radius 3 is 2.61 bits per heavy atom. The Morgan fingerprint density at radius 1 is 1.23 bits per heavy atom. The van der Waals surface area contributed by atoms with Crippen LogP contribution in [0.2, 0.25) is 5.02 Å². The number of rotatable bonds is 4. The summed E-state index contributed by atoms with van der Waals surface area (Å²) in [6.45, 7) is 6.40. The van der Waals surface area contributed by atoms with Gasteiger partial charge in [0.15, 0.2) is 0 Å². The normalized spacial score (nSPS) is 21.0. The van der Waals surface area contributed by atoms with Gasteiger partial charge in [-0.3, -0.25) is 4.79 Å². The van der Waals surface area contributed by atoms with Crippen LogP contribution in [0, 0.1) is 0 Å². The Hall–Kier alpha value is -1.25. The van der Waals surface area contributed by atoms with Gasteiger partial charge >= 0.3 is 0 Å². The van der Waals surface area contributed by atoms with Crippen molar-refractivity contribution in [2.45, 2.75) is 43.4 Å². The van der Waals surface area contributed by atoms with Crippen LogP contribution in [0.25, 0.3) is 0 Å². The van der Waals surface area contributed by atoms with Crippen LogP contribution in [0.5, 0.6) is 0 Å². The molecule has 1 aromatic carbocycles. The second kappa shape index (κ2) is 11.1. The van der Waals surface area contributed by atoms with Gasteiger partial charge in [0, 0.05) is 47.3 Å². The van der Waals surface area contributed by atoms with Crippen molar-refractivity contribution in [1.82, 2.24) is 14.9 Å². The van der Waals surface area contributed by atoms with Crippen molar-refractivity contribution in [2.75, 3.05) is 24.5 Å². The molecule has 2 aromatic rings. The van der Waals surface area contributed by atoms with Gasteiger partial charge in [-0.15, -0.1) is 36.6 Å². The van der Waals surface area contributed by atoms with Crippen LogP contribution in [0.4, 0.5) is 5.82 Å². The van der Waals surface area contributed by atoms with Gasteiger partial charge in [0.05, 0.1) is 11.7 Å².